The summed E-state index contributed by atoms with van der Waals surface area (Å²) in [5.74, 6) is 0. The van der Waals surface area contributed by atoms with Crippen molar-refractivity contribution in [2.45, 2.75) is 37.6 Å². The number of rotatable bonds is 5. The molecule has 136 valence electrons. The maximum absolute atomic E-state index is 12.6. The lowest BCUT2D eigenvalue weighted by molar-refractivity contribution is 0.577. The predicted molar refractivity (Wildman–Crippen MR) is 105 cm³/mol. The van der Waals surface area contributed by atoms with Crippen molar-refractivity contribution in [2.75, 3.05) is 0 Å². The van der Waals surface area contributed by atoms with Gasteiger partial charge < -0.3 is 0 Å². The van der Waals surface area contributed by atoms with E-state index in [-0.39, 0.29) is 16.9 Å². The largest absolute Gasteiger partial charge is 0.256 e. The second kappa shape index (κ2) is 7.26. The van der Waals surface area contributed by atoms with Gasteiger partial charge in [0.05, 0.1) is 22.8 Å². The standard InChI is InChI=1S/C19H21N3O2S2/c1-19(2,3)15-4-6-16(7-5-15)26(23,24)22-12-17-18(21-10-9-20-17)14-8-11-25-13-14/h4-11,13,22H,12H2,1-3H3. The zero-order valence-corrected chi connectivity index (χ0v) is 16.6. The Labute approximate surface area is 158 Å². The molecule has 0 aliphatic carbocycles. The van der Waals surface area contributed by atoms with E-state index >= 15 is 0 Å². The van der Waals surface area contributed by atoms with Gasteiger partial charge in [-0.3, -0.25) is 9.97 Å². The molecule has 0 saturated carbocycles. The Morgan fingerprint density at radius 2 is 1.73 bits per heavy atom. The van der Waals surface area contributed by atoms with Gasteiger partial charge in [-0.05, 0) is 34.6 Å². The summed E-state index contributed by atoms with van der Waals surface area (Å²) in [6, 6.07) is 8.93. The lowest BCUT2D eigenvalue weighted by Gasteiger charge is -2.19. The first kappa shape index (κ1) is 18.7. The van der Waals surface area contributed by atoms with Gasteiger partial charge in [-0.2, -0.15) is 11.3 Å². The molecule has 0 bridgehead atoms. The molecular formula is C19H21N3O2S2. The number of hydrogen-bond acceptors (Lipinski definition) is 5. The summed E-state index contributed by atoms with van der Waals surface area (Å²) in [7, 11) is -3.62. The number of nitrogens with zero attached hydrogens (tertiary/aromatic N) is 2. The Morgan fingerprint density at radius 3 is 2.35 bits per heavy atom. The van der Waals surface area contributed by atoms with Gasteiger partial charge in [0, 0.05) is 23.3 Å². The fraction of sp³-hybridized carbons (Fsp3) is 0.263. The highest BCUT2D eigenvalue weighted by molar-refractivity contribution is 7.89. The second-order valence-corrected chi connectivity index (χ2v) is 9.51. The van der Waals surface area contributed by atoms with Crippen LogP contribution in [0.3, 0.4) is 0 Å². The maximum atomic E-state index is 12.6. The molecule has 1 aromatic carbocycles. The van der Waals surface area contributed by atoms with Gasteiger partial charge in [-0.15, -0.1) is 0 Å². The fourth-order valence-electron chi connectivity index (χ4n) is 2.52. The van der Waals surface area contributed by atoms with E-state index in [0.29, 0.717) is 11.4 Å². The molecular weight excluding hydrogens is 366 g/mol. The summed E-state index contributed by atoms with van der Waals surface area (Å²) in [5.41, 5.74) is 3.29. The highest BCUT2D eigenvalue weighted by Gasteiger charge is 2.18. The third-order valence-electron chi connectivity index (χ3n) is 4.03. The molecule has 0 saturated heterocycles. The molecule has 2 aromatic heterocycles. The molecule has 3 aromatic rings. The second-order valence-electron chi connectivity index (χ2n) is 6.96. The minimum Gasteiger partial charge on any atom is -0.256 e. The third-order valence-corrected chi connectivity index (χ3v) is 6.13. The predicted octanol–water partition coefficient (Wildman–Crippen LogP) is 3.98. The molecule has 0 unspecified atom stereocenters. The number of nitrogens with one attached hydrogen (secondary N) is 1. The fourth-order valence-corrected chi connectivity index (χ4v) is 4.15. The monoisotopic (exact) mass is 387 g/mol. The molecule has 0 aliphatic heterocycles. The van der Waals surface area contributed by atoms with Crippen LogP contribution in [0.1, 0.15) is 32.0 Å². The molecule has 5 nitrogen and oxygen atoms in total. The molecule has 0 amide bonds. The third kappa shape index (κ3) is 4.17. The van der Waals surface area contributed by atoms with Crippen LogP contribution in [0.15, 0.2) is 58.4 Å². The average Bonchev–Trinajstić information content (AvgIpc) is 3.14. The summed E-state index contributed by atoms with van der Waals surface area (Å²) in [5, 5.41) is 3.92. The van der Waals surface area contributed by atoms with Crippen LogP contribution < -0.4 is 4.72 Å². The van der Waals surface area contributed by atoms with Crippen molar-refractivity contribution in [3.63, 3.8) is 0 Å². The van der Waals surface area contributed by atoms with Crippen LogP contribution in [-0.4, -0.2) is 18.4 Å². The van der Waals surface area contributed by atoms with Crippen LogP contribution in [0.2, 0.25) is 0 Å². The van der Waals surface area contributed by atoms with E-state index in [0.717, 1.165) is 11.1 Å². The molecule has 26 heavy (non-hydrogen) atoms. The molecule has 0 aliphatic rings. The van der Waals surface area contributed by atoms with Gasteiger partial charge in [0.2, 0.25) is 10.0 Å². The van der Waals surface area contributed by atoms with Crippen LogP contribution in [0.4, 0.5) is 0 Å². The normalized spacial score (nSPS) is 12.3. The van der Waals surface area contributed by atoms with E-state index in [1.807, 2.05) is 29.0 Å². The topological polar surface area (TPSA) is 72.0 Å². The first-order valence-electron chi connectivity index (χ1n) is 8.20. The molecule has 1 N–H and O–H groups in total. The molecule has 3 rings (SSSR count). The molecule has 7 heteroatoms. The van der Waals surface area contributed by atoms with E-state index in [1.54, 1.807) is 35.9 Å². The van der Waals surface area contributed by atoms with Crippen molar-refractivity contribution in [1.82, 2.24) is 14.7 Å². The zero-order chi connectivity index (χ0) is 18.8. The molecule has 0 radical (unpaired) electrons. The lowest BCUT2D eigenvalue weighted by Crippen LogP contribution is -2.24. The maximum Gasteiger partial charge on any atom is 0.240 e. The van der Waals surface area contributed by atoms with Gasteiger partial charge in [0.25, 0.3) is 0 Å². The van der Waals surface area contributed by atoms with E-state index in [4.69, 9.17) is 0 Å². The van der Waals surface area contributed by atoms with Crippen molar-refractivity contribution < 1.29 is 8.42 Å². The number of thiophene rings is 1. The number of hydrogen-bond donors (Lipinski definition) is 1. The van der Waals surface area contributed by atoms with Crippen molar-refractivity contribution in [3.05, 3.63) is 64.7 Å². The van der Waals surface area contributed by atoms with Gasteiger partial charge in [-0.25, -0.2) is 13.1 Å². The van der Waals surface area contributed by atoms with Crippen LogP contribution in [0, 0.1) is 0 Å². The summed E-state index contributed by atoms with van der Waals surface area (Å²) >= 11 is 1.56. The van der Waals surface area contributed by atoms with Crippen LogP contribution in [0.5, 0.6) is 0 Å². The van der Waals surface area contributed by atoms with Gasteiger partial charge in [-0.1, -0.05) is 32.9 Å². The van der Waals surface area contributed by atoms with Crippen molar-refractivity contribution in [2.24, 2.45) is 0 Å². The van der Waals surface area contributed by atoms with E-state index in [2.05, 4.69) is 35.5 Å². The van der Waals surface area contributed by atoms with Crippen molar-refractivity contribution in [3.8, 4) is 11.3 Å². The molecule has 2 heterocycles. The molecule has 0 atom stereocenters. The summed E-state index contributed by atoms with van der Waals surface area (Å²) < 4.78 is 27.8. The van der Waals surface area contributed by atoms with Crippen LogP contribution in [0.25, 0.3) is 11.3 Å². The van der Waals surface area contributed by atoms with Crippen LogP contribution >= 0.6 is 11.3 Å². The van der Waals surface area contributed by atoms with Gasteiger partial charge >= 0.3 is 0 Å². The number of aromatic nitrogens is 2. The van der Waals surface area contributed by atoms with Crippen molar-refractivity contribution in [1.29, 1.82) is 0 Å². The molecule has 0 spiro atoms. The van der Waals surface area contributed by atoms with Crippen LogP contribution in [-0.2, 0) is 22.0 Å². The van der Waals surface area contributed by atoms with Crippen molar-refractivity contribution >= 4 is 21.4 Å². The summed E-state index contributed by atoms with van der Waals surface area (Å²) in [6.07, 6.45) is 3.17. The first-order chi connectivity index (χ1) is 12.3. The van der Waals surface area contributed by atoms with E-state index in [1.165, 1.54) is 0 Å². The minimum atomic E-state index is -3.62. The quantitative estimate of drug-likeness (QED) is 0.719. The van der Waals surface area contributed by atoms with Gasteiger partial charge in [0.15, 0.2) is 0 Å². The Bertz CT molecular complexity index is 974. The Hall–Kier alpha value is -2.09. The minimum absolute atomic E-state index is 0.0230. The first-order valence-corrected chi connectivity index (χ1v) is 10.6. The highest BCUT2D eigenvalue weighted by Crippen LogP contribution is 2.24. The average molecular weight is 388 g/mol. The SMILES string of the molecule is CC(C)(C)c1ccc(S(=O)(=O)NCc2nccnc2-c2ccsc2)cc1. The van der Waals surface area contributed by atoms with E-state index < -0.39 is 10.0 Å². The number of benzene rings is 1. The smallest absolute Gasteiger partial charge is 0.240 e. The Kier molecular flexibility index (Phi) is 5.22. The lowest BCUT2D eigenvalue weighted by atomic mass is 9.87. The Morgan fingerprint density at radius 1 is 1.04 bits per heavy atom. The Balaban J connectivity index is 1.80. The molecule has 0 fully saturated rings. The van der Waals surface area contributed by atoms with Gasteiger partial charge in [0.1, 0.15) is 0 Å². The van der Waals surface area contributed by atoms with E-state index in [9.17, 15) is 8.42 Å². The summed E-state index contributed by atoms with van der Waals surface area (Å²) in [4.78, 5) is 8.88. The number of sulfonamides is 1. The highest BCUT2D eigenvalue weighted by atomic mass is 32.2. The zero-order valence-electron chi connectivity index (χ0n) is 14.9. The summed E-state index contributed by atoms with van der Waals surface area (Å²) in [6.45, 7) is 6.36.